The van der Waals surface area contributed by atoms with Crippen LogP contribution in [-0.4, -0.2) is 42.4 Å². The normalized spacial score (nSPS) is 29.0. The summed E-state index contributed by atoms with van der Waals surface area (Å²) in [5.41, 5.74) is 5.10. The SMILES string of the molecule is CC1(CNC(CN)C(=O)O)CCCO1. The number of rotatable bonds is 5. The first-order valence-corrected chi connectivity index (χ1v) is 4.88. The van der Waals surface area contributed by atoms with Gasteiger partial charge in [0.2, 0.25) is 0 Å². The van der Waals surface area contributed by atoms with Crippen LogP contribution in [0.4, 0.5) is 0 Å². The van der Waals surface area contributed by atoms with Crippen LogP contribution in [0.15, 0.2) is 0 Å². The Morgan fingerprint density at radius 3 is 2.93 bits per heavy atom. The Morgan fingerprint density at radius 2 is 2.50 bits per heavy atom. The van der Waals surface area contributed by atoms with E-state index in [2.05, 4.69) is 5.32 Å². The van der Waals surface area contributed by atoms with Crippen LogP contribution in [0.5, 0.6) is 0 Å². The van der Waals surface area contributed by atoms with Crippen LogP contribution < -0.4 is 11.1 Å². The van der Waals surface area contributed by atoms with Gasteiger partial charge in [0.15, 0.2) is 0 Å². The van der Waals surface area contributed by atoms with Crippen LogP contribution in [0.2, 0.25) is 0 Å². The molecule has 0 amide bonds. The molecule has 0 saturated carbocycles. The highest BCUT2D eigenvalue weighted by Crippen LogP contribution is 2.23. The summed E-state index contributed by atoms with van der Waals surface area (Å²) in [4.78, 5) is 10.7. The average Bonchev–Trinajstić information content (AvgIpc) is 2.53. The first-order valence-electron chi connectivity index (χ1n) is 4.88. The smallest absolute Gasteiger partial charge is 0.322 e. The molecule has 1 saturated heterocycles. The van der Waals surface area contributed by atoms with Crippen LogP contribution in [0.1, 0.15) is 19.8 Å². The van der Waals surface area contributed by atoms with E-state index in [0.717, 1.165) is 19.4 Å². The zero-order valence-electron chi connectivity index (χ0n) is 8.45. The maximum Gasteiger partial charge on any atom is 0.322 e. The highest BCUT2D eigenvalue weighted by atomic mass is 16.5. The minimum absolute atomic E-state index is 0.103. The first kappa shape index (κ1) is 11.4. The topological polar surface area (TPSA) is 84.6 Å². The molecule has 0 aromatic heterocycles. The predicted octanol–water partition coefficient (Wildman–Crippen LogP) is -0.443. The molecule has 5 nitrogen and oxygen atoms in total. The van der Waals surface area contributed by atoms with Crippen LogP contribution in [-0.2, 0) is 9.53 Å². The highest BCUT2D eigenvalue weighted by Gasteiger charge is 2.30. The summed E-state index contributed by atoms with van der Waals surface area (Å²) in [7, 11) is 0. The monoisotopic (exact) mass is 202 g/mol. The van der Waals surface area contributed by atoms with E-state index in [1.54, 1.807) is 0 Å². The maximum atomic E-state index is 10.7. The number of hydrogen-bond acceptors (Lipinski definition) is 4. The Morgan fingerprint density at radius 1 is 1.79 bits per heavy atom. The van der Waals surface area contributed by atoms with Gasteiger partial charge in [-0.25, -0.2) is 0 Å². The van der Waals surface area contributed by atoms with E-state index in [-0.39, 0.29) is 12.1 Å². The lowest BCUT2D eigenvalue weighted by Gasteiger charge is -2.25. The van der Waals surface area contributed by atoms with E-state index in [0.29, 0.717) is 6.54 Å². The van der Waals surface area contributed by atoms with E-state index in [1.807, 2.05) is 6.92 Å². The maximum absolute atomic E-state index is 10.7. The fourth-order valence-electron chi connectivity index (χ4n) is 1.59. The van der Waals surface area contributed by atoms with Crippen LogP contribution in [0, 0.1) is 0 Å². The molecule has 14 heavy (non-hydrogen) atoms. The molecule has 1 aliphatic heterocycles. The van der Waals surface area contributed by atoms with Gasteiger partial charge < -0.3 is 20.9 Å². The molecule has 82 valence electrons. The number of carbonyl (C=O) groups is 1. The Labute approximate surface area is 83.6 Å². The van der Waals surface area contributed by atoms with E-state index in [9.17, 15) is 4.79 Å². The van der Waals surface area contributed by atoms with Crippen molar-refractivity contribution in [1.82, 2.24) is 5.32 Å². The largest absolute Gasteiger partial charge is 0.480 e. The van der Waals surface area contributed by atoms with E-state index >= 15 is 0 Å². The number of nitrogens with two attached hydrogens (primary N) is 1. The summed E-state index contributed by atoms with van der Waals surface area (Å²) < 4.78 is 5.52. The van der Waals surface area contributed by atoms with Crippen molar-refractivity contribution in [1.29, 1.82) is 0 Å². The van der Waals surface area contributed by atoms with Gasteiger partial charge in [-0.1, -0.05) is 0 Å². The van der Waals surface area contributed by atoms with Gasteiger partial charge >= 0.3 is 5.97 Å². The number of carboxylic acids is 1. The second kappa shape index (κ2) is 4.72. The summed E-state index contributed by atoms with van der Waals surface area (Å²) in [6.07, 6.45) is 2.01. The highest BCUT2D eigenvalue weighted by molar-refractivity contribution is 5.73. The van der Waals surface area contributed by atoms with Crippen molar-refractivity contribution in [2.75, 3.05) is 19.7 Å². The van der Waals surface area contributed by atoms with Crippen molar-refractivity contribution >= 4 is 5.97 Å². The van der Waals surface area contributed by atoms with Gasteiger partial charge in [0.25, 0.3) is 0 Å². The molecule has 0 spiro atoms. The Balaban J connectivity index is 2.34. The fourth-order valence-corrected chi connectivity index (χ4v) is 1.59. The van der Waals surface area contributed by atoms with Gasteiger partial charge in [0.1, 0.15) is 6.04 Å². The number of hydrogen-bond donors (Lipinski definition) is 3. The molecule has 0 aromatic rings. The zero-order chi connectivity index (χ0) is 10.6. The van der Waals surface area contributed by atoms with Crippen molar-refractivity contribution in [3.8, 4) is 0 Å². The van der Waals surface area contributed by atoms with Gasteiger partial charge in [0.05, 0.1) is 5.60 Å². The van der Waals surface area contributed by atoms with Crippen LogP contribution >= 0.6 is 0 Å². The van der Waals surface area contributed by atoms with E-state index in [1.165, 1.54) is 0 Å². The number of carboxylic acid groups (broad SMARTS) is 1. The third-order valence-electron chi connectivity index (χ3n) is 2.56. The Hall–Kier alpha value is -0.650. The predicted molar refractivity (Wildman–Crippen MR) is 52.1 cm³/mol. The van der Waals surface area contributed by atoms with Gasteiger partial charge in [-0.05, 0) is 19.8 Å². The van der Waals surface area contributed by atoms with Gasteiger partial charge in [-0.3, -0.25) is 4.79 Å². The average molecular weight is 202 g/mol. The van der Waals surface area contributed by atoms with Crippen molar-refractivity contribution in [2.24, 2.45) is 5.73 Å². The molecule has 0 aromatic carbocycles. The van der Waals surface area contributed by atoms with E-state index < -0.39 is 12.0 Å². The lowest BCUT2D eigenvalue weighted by atomic mass is 10.0. The molecule has 5 heteroatoms. The molecule has 0 aliphatic carbocycles. The molecule has 1 rings (SSSR count). The van der Waals surface area contributed by atoms with Crippen LogP contribution in [0.3, 0.4) is 0 Å². The molecular formula is C9H18N2O3. The van der Waals surface area contributed by atoms with Crippen molar-refractivity contribution < 1.29 is 14.6 Å². The quantitative estimate of drug-likeness (QED) is 0.562. The lowest BCUT2D eigenvalue weighted by molar-refractivity contribution is -0.139. The Kier molecular flexibility index (Phi) is 3.86. The second-order valence-electron chi connectivity index (χ2n) is 3.91. The number of nitrogens with one attached hydrogen (secondary N) is 1. The molecule has 1 aliphatic rings. The van der Waals surface area contributed by atoms with Gasteiger partial charge in [-0.2, -0.15) is 0 Å². The summed E-state index contributed by atoms with van der Waals surface area (Å²) in [6.45, 7) is 3.40. The van der Waals surface area contributed by atoms with Crippen molar-refractivity contribution in [3.05, 3.63) is 0 Å². The standard InChI is InChI=1S/C9H18N2O3/c1-9(3-2-4-14-9)6-11-7(5-10)8(12)13/h7,11H,2-6,10H2,1H3,(H,12,13). The molecule has 0 radical (unpaired) electrons. The molecule has 2 unspecified atom stereocenters. The van der Waals surface area contributed by atoms with Crippen LogP contribution in [0.25, 0.3) is 0 Å². The summed E-state index contributed by atoms with van der Waals surface area (Å²) >= 11 is 0. The van der Waals surface area contributed by atoms with Crippen molar-refractivity contribution in [2.45, 2.75) is 31.4 Å². The second-order valence-corrected chi connectivity index (χ2v) is 3.91. The summed E-state index contributed by atoms with van der Waals surface area (Å²) in [5, 5.41) is 11.6. The fraction of sp³-hybridized carbons (Fsp3) is 0.889. The Bertz CT molecular complexity index is 202. The molecule has 0 bridgehead atoms. The third kappa shape index (κ3) is 2.94. The van der Waals surface area contributed by atoms with E-state index in [4.69, 9.17) is 15.6 Å². The zero-order valence-corrected chi connectivity index (χ0v) is 8.45. The molecule has 4 N–H and O–H groups in total. The lowest BCUT2D eigenvalue weighted by Crippen LogP contribution is -2.48. The number of aliphatic carboxylic acids is 1. The molecule has 2 atom stereocenters. The first-order chi connectivity index (χ1) is 6.57. The third-order valence-corrected chi connectivity index (χ3v) is 2.56. The summed E-state index contributed by atoms with van der Waals surface area (Å²) in [6, 6.07) is -0.670. The van der Waals surface area contributed by atoms with Crippen molar-refractivity contribution in [3.63, 3.8) is 0 Å². The molecular weight excluding hydrogens is 184 g/mol. The number of ether oxygens (including phenoxy) is 1. The molecule has 1 fully saturated rings. The minimum Gasteiger partial charge on any atom is -0.480 e. The van der Waals surface area contributed by atoms with Gasteiger partial charge in [-0.15, -0.1) is 0 Å². The minimum atomic E-state index is -0.908. The summed E-state index contributed by atoms with van der Waals surface area (Å²) in [5.74, 6) is -0.908. The van der Waals surface area contributed by atoms with Gasteiger partial charge in [0, 0.05) is 19.7 Å². The molecule has 1 heterocycles.